The lowest BCUT2D eigenvalue weighted by atomic mass is 9.91. The summed E-state index contributed by atoms with van der Waals surface area (Å²) in [5.74, 6) is -4.77. The van der Waals surface area contributed by atoms with Gasteiger partial charge in [0, 0.05) is 11.6 Å². The van der Waals surface area contributed by atoms with Crippen LogP contribution >= 0.6 is 0 Å². The summed E-state index contributed by atoms with van der Waals surface area (Å²) in [6.07, 6.45) is -6.05. The van der Waals surface area contributed by atoms with E-state index >= 15 is 0 Å². The molecule has 274 valence electrons. The molecule has 3 rings (SSSR count). The van der Waals surface area contributed by atoms with Gasteiger partial charge in [0.15, 0.2) is 24.1 Å². The van der Waals surface area contributed by atoms with E-state index in [1.807, 2.05) is 6.92 Å². The molecule has 0 radical (unpaired) electrons. The van der Waals surface area contributed by atoms with Crippen LogP contribution < -0.4 is 0 Å². The van der Waals surface area contributed by atoms with Crippen LogP contribution in [0.15, 0.2) is 23.3 Å². The number of fused-ring (bicyclic) bond motifs is 1. The van der Waals surface area contributed by atoms with Crippen molar-refractivity contribution in [3.8, 4) is 0 Å². The lowest BCUT2D eigenvalue weighted by Crippen LogP contribution is -2.65. The van der Waals surface area contributed by atoms with Gasteiger partial charge in [0.1, 0.15) is 12.7 Å². The quantitative estimate of drug-likeness (QED) is 0.257. The lowest BCUT2D eigenvalue weighted by molar-refractivity contribution is -0.341. The fourth-order valence-corrected chi connectivity index (χ4v) is 4.88. The Kier molecular flexibility index (Phi) is 11.7. The summed E-state index contributed by atoms with van der Waals surface area (Å²) >= 11 is 0. The Morgan fingerprint density at radius 1 is 0.653 bits per heavy atom. The van der Waals surface area contributed by atoms with Crippen LogP contribution in [0.3, 0.4) is 0 Å². The molecule has 1 fully saturated rings. The molecule has 0 aromatic heterocycles. The highest BCUT2D eigenvalue weighted by Crippen LogP contribution is 2.41. The second kappa shape index (κ2) is 14.3. The van der Waals surface area contributed by atoms with Gasteiger partial charge in [-0.2, -0.15) is 0 Å². The number of rotatable bonds is 8. The SMILES string of the molecule is CCC1=CC(=O)C2=CC(=O)O[C@@H](O[C@@H]3O[C@H](COC(=O)C(C)(C)C)[C@@H](OC(=O)C(C)(C)C)[C@H](OC(=O)C(C)(C)C)[C@H]3OC(=O)C(C)(C)C)[C@H]12. The highest BCUT2D eigenvalue weighted by molar-refractivity contribution is 6.11. The van der Waals surface area contributed by atoms with Crippen molar-refractivity contribution in [1.29, 1.82) is 0 Å². The first-order chi connectivity index (χ1) is 22.2. The molecular formula is C36H52O13. The molecule has 49 heavy (non-hydrogen) atoms. The summed E-state index contributed by atoms with van der Waals surface area (Å²) in [6, 6.07) is 0. The molecule has 3 aliphatic rings. The lowest BCUT2D eigenvalue weighted by Gasteiger charge is -2.46. The first-order valence-electron chi connectivity index (χ1n) is 16.5. The van der Waals surface area contributed by atoms with E-state index in [1.165, 1.54) is 6.08 Å². The maximum Gasteiger partial charge on any atom is 0.333 e. The minimum atomic E-state index is -1.64. The number of cyclic esters (lactones) is 1. The average Bonchev–Trinajstić information content (AvgIpc) is 3.27. The van der Waals surface area contributed by atoms with Crippen LogP contribution in [0.4, 0.5) is 0 Å². The van der Waals surface area contributed by atoms with E-state index in [-0.39, 0.29) is 11.4 Å². The maximum absolute atomic E-state index is 13.5. The minimum absolute atomic E-state index is 0.167. The zero-order valence-electron chi connectivity index (χ0n) is 30.9. The molecule has 0 aromatic carbocycles. The van der Waals surface area contributed by atoms with E-state index in [4.69, 9.17) is 33.2 Å². The van der Waals surface area contributed by atoms with Gasteiger partial charge in [-0.25, -0.2) is 4.79 Å². The standard InChI is InChI=1S/C36H52O13/c1-14-18-15-20(37)19-16-22(38)45-27(23(18)19)49-28-26(48-32(42)36(11,12)13)25(47-31(41)35(8,9)10)24(46-30(40)34(5,6)7)21(44-28)17-43-29(39)33(2,3)4/h15-16,21,23-28H,14,17H2,1-13H3/t21-,23-,24-,25+,26-,27+,28+/m1/s1. The molecule has 2 aliphatic heterocycles. The van der Waals surface area contributed by atoms with Gasteiger partial charge in [-0.3, -0.25) is 24.0 Å². The fraction of sp³-hybridized carbons (Fsp3) is 0.722. The molecule has 1 aliphatic carbocycles. The normalized spacial score (nSPS) is 27.7. The van der Waals surface area contributed by atoms with Crippen LogP contribution in [0.2, 0.25) is 0 Å². The molecule has 0 N–H and O–H groups in total. The zero-order chi connectivity index (χ0) is 37.4. The summed E-state index contributed by atoms with van der Waals surface area (Å²) in [6.45, 7) is 20.8. The molecule has 2 heterocycles. The Bertz CT molecular complexity index is 1390. The molecule has 0 aromatic rings. The van der Waals surface area contributed by atoms with Gasteiger partial charge < -0.3 is 33.2 Å². The van der Waals surface area contributed by atoms with Crippen molar-refractivity contribution in [3.05, 3.63) is 23.3 Å². The topological polar surface area (TPSA) is 167 Å². The highest BCUT2D eigenvalue weighted by Gasteiger charge is 2.57. The van der Waals surface area contributed by atoms with Crippen LogP contribution in [0.5, 0.6) is 0 Å². The molecular weight excluding hydrogens is 640 g/mol. The monoisotopic (exact) mass is 692 g/mol. The van der Waals surface area contributed by atoms with Crippen molar-refractivity contribution in [2.75, 3.05) is 6.61 Å². The van der Waals surface area contributed by atoms with E-state index in [0.717, 1.165) is 6.08 Å². The summed E-state index contributed by atoms with van der Waals surface area (Å²) in [5, 5.41) is 0. The van der Waals surface area contributed by atoms with Crippen molar-refractivity contribution in [2.24, 2.45) is 27.6 Å². The first kappa shape index (κ1) is 39.9. The van der Waals surface area contributed by atoms with Crippen molar-refractivity contribution in [1.82, 2.24) is 0 Å². The molecule has 7 atom stereocenters. The summed E-state index contributed by atoms with van der Waals surface area (Å²) < 4.78 is 41.7. The molecule has 0 bridgehead atoms. The summed E-state index contributed by atoms with van der Waals surface area (Å²) in [5.41, 5.74) is -3.28. The van der Waals surface area contributed by atoms with Gasteiger partial charge in [0.2, 0.25) is 12.6 Å². The molecule has 0 amide bonds. The number of ether oxygens (including phenoxy) is 7. The van der Waals surface area contributed by atoms with Gasteiger partial charge in [0.05, 0.1) is 27.6 Å². The Morgan fingerprint density at radius 2 is 1.12 bits per heavy atom. The summed E-state index contributed by atoms with van der Waals surface area (Å²) in [4.78, 5) is 78.7. The Labute approximate surface area is 288 Å². The van der Waals surface area contributed by atoms with Crippen molar-refractivity contribution in [3.63, 3.8) is 0 Å². The number of carbonyl (C=O) groups excluding carboxylic acids is 6. The number of carbonyl (C=O) groups is 6. The molecule has 1 saturated heterocycles. The van der Waals surface area contributed by atoms with Crippen molar-refractivity contribution < 1.29 is 61.9 Å². The third-order valence-corrected chi connectivity index (χ3v) is 7.94. The van der Waals surface area contributed by atoms with Gasteiger partial charge >= 0.3 is 29.8 Å². The van der Waals surface area contributed by atoms with Crippen LogP contribution in [0, 0.1) is 27.6 Å². The predicted octanol–water partition coefficient (Wildman–Crippen LogP) is 4.54. The number of hydrogen-bond donors (Lipinski definition) is 0. The van der Waals surface area contributed by atoms with Gasteiger partial charge in [0.25, 0.3) is 0 Å². The third-order valence-electron chi connectivity index (χ3n) is 7.94. The second-order valence-corrected chi connectivity index (χ2v) is 16.7. The third kappa shape index (κ3) is 9.56. The largest absolute Gasteiger partial charge is 0.462 e. The van der Waals surface area contributed by atoms with Crippen molar-refractivity contribution in [2.45, 2.75) is 133 Å². The van der Waals surface area contributed by atoms with Gasteiger partial charge in [-0.1, -0.05) is 12.5 Å². The zero-order valence-corrected chi connectivity index (χ0v) is 30.9. The smallest absolute Gasteiger partial charge is 0.333 e. The van der Waals surface area contributed by atoms with E-state index in [0.29, 0.717) is 12.0 Å². The molecule has 0 unspecified atom stereocenters. The molecule has 0 spiro atoms. The predicted molar refractivity (Wildman–Crippen MR) is 173 cm³/mol. The highest BCUT2D eigenvalue weighted by atomic mass is 16.8. The summed E-state index contributed by atoms with van der Waals surface area (Å²) in [7, 11) is 0. The molecule has 0 saturated carbocycles. The number of hydrogen-bond acceptors (Lipinski definition) is 13. The maximum atomic E-state index is 13.5. The number of esters is 5. The molecule has 13 heteroatoms. The van der Waals surface area contributed by atoms with Crippen LogP contribution in [-0.4, -0.2) is 79.2 Å². The Hall–Kier alpha value is -3.58. The number of allylic oxidation sites excluding steroid dienone is 1. The van der Waals surface area contributed by atoms with E-state index in [9.17, 15) is 28.8 Å². The fourth-order valence-electron chi connectivity index (χ4n) is 4.88. The van der Waals surface area contributed by atoms with Gasteiger partial charge in [-0.05, 0) is 95.6 Å². The van der Waals surface area contributed by atoms with Crippen LogP contribution in [0.1, 0.15) is 96.4 Å². The van der Waals surface area contributed by atoms with E-state index < -0.39 is 101 Å². The van der Waals surface area contributed by atoms with E-state index in [1.54, 1.807) is 83.1 Å². The van der Waals surface area contributed by atoms with Crippen molar-refractivity contribution >= 4 is 35.6 Å². The van der Waals surface area contributed by atoms with Crippen LogP contribution in [0.25, 0.3) is 0 Å². The second-order valence-electron chi connectivity index (χ2n) is 16.7. The minimum Gasteiger partial charge on any atom is -0.462 e. The first-order valence-corrected chi connectivity index (χ1v) is 16.5. The van der Waals surface area contributed by atoms with Gasteiger partial charge in [-0.15, -0.1) is 0 Å². The average molecular weight is 693 g/mol. The number of ketones is 1. The van der Waals surface area contributed by atoms with E-state index in [2.05, 4.69) is 0 Å². The Balaban J connectivity index is 2.19. The molecule has 13 nitrogen and oxygen atoms in total. The Morgan fingerprint density at radius 3 is 1.59 bits per heavy atom. The van der Waals surface area contributed by atoms with Crippen LogP contribution in [-0.2, 0) is 61.9 Å².